The average molecular weight is 559 g/mol. The van der Waals surface area contributed by atoms with Crippen LogP contribution >= 0.6 is 0 Å². The first kappa shape index (κ1) is 29.7. The topological polar surface area (TPSA) is 161 Å². The van der Waals surface area contributed by atoms with Gasteiger partial charge in [0.2, 0.25) is 5.91 Å². The summed E-state index contributed by atoms with van der Waals surface area (Å²) in [5.74, 6) is -1.47. The van der Waals surface area contributed by atoms with Crippen molar-refractivity contribution >= 4 is 34.1 Å². The van der Waals surface area contributed by atoms with Gasteiger partial charge in [-0.3, -0.25) is 8.98 Å². The first-order valence-electron chi connectivity index (χ1n) is 12.8. The molecule has 214 valence electrons. The Balaban J connectivity index is 1.92. The molecule has 0 bridgehead atoms. The molecule has 4 atom stereocenters. The van der Waals surface area contributed by atoms with E-state index in [2.05, 4.69) is 10.7 Å². The zero-order chi connectivity index (χ0) is 28.3. The third-order valence-electron chi connectivity index (χ3n) is 6.35. The van der Waals surface area contributed by atoms with E-state index in [1.54, 1.807) is 27.7 Å². The van der Waals surface area contributed by atoms with Gasteiger partial charge in [-0.2, -0.15) is 8.42 Å². The van der Waals surface area contributed by atoms with Crippen molar-refractivity contribution in [3.05, 3.63) is 12.2 Å². The molecule has 2 heterocycles. The van der Waals surface area contributed by atoms with Gasteiger partial charge in [-0.25, -0.2) is 24.8 Å². The normalized spacial score (nSPS) is 29.3. The fraction of sp³-hybridized carbons (Fsp3) is 0.750. The standard InChI is InChI=1S/C24H38N4O9S/c1-6-35-20(30)24-14-16(24)11-9-7-8-10-12-28(26-21(31)36-23(2,3)4)22(32)27-15-17(37-38(5,33)34)13-18(27)19(29)25-24/h9,11,16-18H,6-8,10,12-15H2,1-5H3,(H,25,29)(H,26,31)/b11-9-/t16-,17+,18+,24-/m1/s1. The average Bonchev–Trinajstić information content (AvgIpc) is 3.31. The number of nitrogens with zero attached hydrogens (tertiary/aromatic N) is 2. The van der Waals surface area contributed by atoms with Crippen molar-refractivity contribution in [2.45, 2.75) is 83.1 Å². The van der Waals surface area contributed by atoms with Crippen LogP contribution in [0.3, 0.4) is 0 Å². The third-order valence-corrected chi connectivity index (χ3v) is 6.97. The van der Waals surface area contributed by atoms with Gasteiger partial charge in [-0.1, -0.05) is 12.2 Å². The molecule has 14 heteroatoms. The highest BCUT2D eigenvalue weighted by molar-refractivity contribution is 7.86. The molecule has 4 amide bonds. The van der Waals surface area contributed by atoms with Crippen molar-refractivity contribution in [3.63, 3.8) is 0 Å². The van der Waals surface area contributed by atoms with Gasteiger partial charge in [0.05, 0.1) is 25.5 Å². The Hall–Kier alpha value is -2.87. The lowest BCUT2D eigenvalue weighted by Crippen LogP contribution is -2.58. The lowest BCUT2D eigenvalue weighted by Gasteiger charge is -2.32. The minimum absolute atomic E-state index is 0.121. The zero-order valence-corrected chi connectivity index (χ0v) is 23.3. The van der Waals surface area contributed by atoms with Crippen LogP contribution in [0.2, 0.25) is 0 Å². The number of hydrogen-bond acceptors (Lipinski definition) is 9. The van der Waals surface area contributed by atoms with Crippen LogP contribution in [0.5, 0.6) is 0 Å². The molecular formula is C24H38N4O9S. The predicted octanol–water partition coefficient (Wildman–Crippen LogP) is 1.45. The molecule has 1 aliphatic carbocycles. The van der Waals surface area contributed by atoms with E-state index in [0.717, 1.165) is 16.2 Å². The van der Waals surface area contributed by atoms with Crippen molar-refractivity contribution in [3.8, 4) is 0 Å². The lowest BCUT2D eigenvalue weighted by atomic mass is 10.1. The third kappa shape index (κ3) is 7.59. The first-order chi connectivity index (χ1) is 17.6. The molecule has 2 N–H and O–H groups in total. The van der Waals surface area contributed by atoms with Crippen LogP contribution in [-0.2, 0) is 33.4 Å². The molecule has 0 aromatic rings. The van der Waals surface area contributed by atoms with Gasteiger partial charge >= 0.3 is 18.1 Å². The molecule has 0 spiro atoms. The minimum atomic E-state index is -3.88. The maximum atomic E-state index is 13.7. The summed E-state index contributed by atoms with van der Waals surface area (Å²) in [6, 6.07) is -1.88. The number of hydrogen-bond donors (Lipinski definition) is 2. The van der Waals surface area contributed by atoms with Gasteiger partial charge in [0, 0.05) is 18.9 Å². The molecular weight excluding hydrogens is 520 g/mol. The van der Waals surface area contributed by atoms with Crippen LogP contribution in [0.1, 0.15) is 59.8 Å². The zero-order valence-electron chi connectivity index (χ0n) is 22.5. The van der Waals surface area contributed by atoms with Crippen molar-refractivity contribution < 1.29 is 41.3 Å². The number of fused-ring (bicyclic) bond motifs is 2. The van der Waals surface area contributed by atoms with E-state index in [-0.39, 0.29) is 32.0 Å². The molecule has 3 aliphatic rings. The van der Waals surface area contributed by atoms with Crippen LogP contribution in [-0.4, -0.2) is 91.6 Å². The second-order valence-electron chi connectivity index (χ2n) is 10.8. The van der Waals surface area contributed by atoms with E-state index in [0.29, 0.717) is 25.7 Å². The predicted molar refractivity (Wildman–Crippen MR) is 135 cm³/mol. The SMILES string of the molecule is CCOC(=O)[C@@]12C[C@H]1/C=C\CCCCN(NC(=O)OC(C)(C)C)C(=O)N1C[C@@H](OS(C)(=O)=O)C[C@H]1C(=O)N2. The number of carbonyl (C=O) groups is 4. The molecule has 38 heavy (non-hydrogen) atoms. The number of ether oxygens (including phenoxy) is 2. The maximum Gasteiger partial charge on any atom is 0.426 e. The summed E-state index contributed by atoms with van der Waals surface area (Å²) in [6.45, 7) is 6.77. The summed E-state index contributed by atoms with van der Waals surface area (Å²) in [5.41, 5.74) is 0.384. The van der Waals surface area contributed by atoms with Crippen LogP contribution in [0.15, 0.2) is 12.2 Å². The number of rotatable bonds is 5. The van der Waals surface area contributed by atoms with Gasteiger partial charge < -0.3 is 19.7 Å². The molecule has 0 unspecified atom stereocenters. The highest BCUT2D eigenvalue weighted by atomic mass is 32.2. The Morgan fingerprint density at radius 2 is 1.95 bits per heavy atom. The molecule has 0 radical (unpaired) electrons. The van der Waals surface area contributed by atoms with E-state index in [9.17, 15) is 27.6 Å². The van der Waals surface area contributed by atoms with E-state index < -0.39 is 57.4 Å². The summed E-state index contributed by atoms with van der Waals surface area (Å²) in [6.07, 6.45) is 4.95. The Labute approximate surface area is 223 Å². The summed E-state index contributed by atoms with van der Waals surface area (Å²) in [4.78, 5) is 53.6. The molecule has 0 aromatic carbocycles. The van der Waals surface area contributed by atoms with Gasteiger partial charge in [-0.15, -0.1) is 0 Å². The second-order valence-corrected chi connectivity index (χ2v) is 12.4. The number of allylic oxidation sites excluding steroid dienone is 1. The maximum absolute atomic E-state index is 13.7. The number of urea groups is 1. The summed E-state index contributed by atoms with van der Waals surface area (Å²) in [7, 11) is -3.88. The Morgan fingerprint density at radius 3 is 2.58 bits per heavy atom. The number of hydrazine groups is 1. The van der Waals surface area contributed by atoms with E-state index >= 15 is 0 Å². The monoisotopic (exact) mass is 558 g/mol. The lowest BCUT2D eigenvalue weighted by molar-refractivity contribution is -0.149. The van der Waals surface area contributed by atoms with Crippen molar-refractivity contribution in [1.82, 2.24) is 20.7 Å². The van der Waals surface area contributed by atoms with E-state index in [4.69, 9.17) is 13.7 Å². The largest absolute Gasteiger partial charge is 0.464 e. The summed E-state index contributed by atoms with van der Waals surface area (Å²) >= 11 is 0. The number of nitrogens with one attached hydrogen (secondary N) is 2. The molecule has 1 saturated carbocycles. The fourth-order valence-electron chi connectivity index (χ4n) is 4.65. The van der Waals surface area contributed by atoms with Crippen LogP contribution in [0.25, 0.3) is 0 Å². The highest BCUT2D eigenvalue weighted by Crippen LogP contribution is 2.46. The Morgan fingerprint density at radius 1 is 1.24 bits per heavy atom. The summed E-state index contributed by atoms with van der Waals surface area (Å²) in [5, 5.41) is 3.84. The highest BCUT2D eigenvalue weighted by Gasteiger charge is 2.62. The molecule has 2 fully saturated rings. The van der Waals surface area contributed by atoms with Gasteiger partial charge in [0.1, 0.15) is 17.2 Å². The van der Waals surface area contributed by atoms with Crippen molar-refractivity contribution in [1.29, 1.82) is 0 Å². The van der Waals surface area contributed by atoms with Gasteiger partial charge in [-0.05, 0) is 53.4 Å². The van der Waals surface area contributed by atoms with Crippen molar-refractivity contribution in [2.75, 3.05) is 26.0 Å². The Kier molecular flexibility index (Phi) is 8.97. The smallest absolute Gasteiger partial charge is 0.426 e. The number of esters is 1. The molecule has 13 nitrogen and oxygen atoms in total. The molecule has 3 rings (SSSR count). The first-order valence-corrected chi connectivity index (χ1v) is 14.6. The second kappa shape index (κ2) is 11.5. The number of amides is 4. The van der Waals surface area contributed by atoms with Crippen LogP contribution in [0, 0.1) is 5.92 Å². The van der Waals surface area contributed by atoms with E-state index in [1.165, 1.54) is 0 Å². The summed E-state index contributed by atoms with van der Waals surface area (Å²) < 4.78 is 39.2. The minimum Gasteiger partial charge on any atom is -0.464 e. The molecule has 0 aromatic heterocycles. The van der Waals surface area contributed by atoms with Crippen LogP contribution < -0.4 is 10.7 Å². The molecule has 2 aliphatic heterocycles. The fourth-order valence-corrected chi connectivity index (χ4v) is 5.28. The number of carbonyl (C=O) groups excluding carboxylic acids is 4. The van der Waals surface area contributed by atoms with Crippen molar-refractivity contribution in [2.24, 2.45) is 5.92 Å². The van der Waals surface area contributed by atoms with E-state index in [1.807, 2.05) is 12.2 Å². The van der Waals surface area contributed by atoms with Crippen LogP contribution in [0.4, 0.5) is 9.59 Å². The Bertz CT molecular complexity index is 1070. The molecule has 1 saturated heterocycles. The quantitative estimate of drug-likeness (QED) is 0.289. The van der Waals surface area contributed by atoms with Gasteiger partial charge in [0.25, 0.3) is 10.1 Å². The van der Waals surface area contributed by atoms with Gasteiger partial charge in [0.15, 0.2) is 0 Å².